The van der Waals surface area contributed by atoms with Crippen LogP contribution in [0.15, 0.2) is 43.0 Å². The first-order valence-electron chi connectivity index (χ1n) is 7.26. The second-order valence-electron chi connectivity index (χ2n) is 5.52. The fourth-order valence-corrected chi connectivity index (χ4v) is 2.84. The molecule has 0 unspecified atom stereocenters. The SMILES string of the molecule is C=C[C@@H](O)[C@H]1O[C@@H]2CO[C@@H](c3ccccc3)O[C@H]2[C@H](O)[C@@H]1O. The topological polar surface area (TPSA) is 88.4 Å². The van der Waals surface area contributed by atoms with Crippen molar-refractivity contribution in [3.05, 3.63) is 48.6 Å². The molecule has 0 aliphatic carbocycles. The quantitative estimate of drug-likeness (QED) is 0.688. The first-order chi connectivity index (χ1) is 10.6. The summed E-state index contributed by atoms with van der Waals surface area (Å²) in [6.45, 7) is 3.67. The smallest absolute Gasteiger partial charge is 0.184 e. The molecular formula is C16H20O6. The van der Waals surface area contributed by atoms with Crippen molar-refractivity contribution in [1.82, 2.24) is 0 Å². The van der Waals surface area contributed by atoms with E-state index in [9.17, 15) is 15.3 Å². The summed E-state index contributed by atoms with van der Waals surface area (Å²) in [5, 5.41) is 30.2. The Balaban J connectivity index is 1.74. The van der Waals surface area contributed by atoms with E-state index in [0.29, 0.717) is 0 Å². The molecular weight excluding hydrogens is 288 g/mol. The average molecular weight is 308 g/mol. The Labute approximate surface area is 128 Å². The Bertz CT molecular complexity index is 505. The van der Waals surface area contributed by atoms with Gasteiger partial charge in [0, 0.05) is 5.56 Å². The zero-order chi connectivity index (χ0) is 15.7. The highest BCUT2D eigenvalue weighted by atomic mass is 16.7. The monoisotopic (exact) mass is 308 g/mol. The summed E-state index contributed by atoms with van der Waals surface area (Å²) in [4.78, 5) is 0. The summed E-state index contributed by atoms with van der Waals surface area (Å²) in [5.74, 6) is 0. The van der Waals surface area contributed by atoms with E-state index in [0.717, 1.165) is 5.56 Å². The third-order valence-electron chi connectivity index (χ3n) is 4.06. The van der Waals surface area contributed by atoms with Gasteiger partial charge >= 0.3 is 0 Å². The standard InChI is InChI=1S/C16H20O6/c1-2-10(17)14-12(18)13(19)15-11(21-14)8-20-16(22-15)9-6-4-3-5-7-9/h2-7,10-19H,1,8H2/t10-,11-,12+,13-,14-,15-,16-/m1/s1. The molecule has 1 aromatic carbocycles. The molecule has 2 heterocycles. The molecule has 0 amide bonds. The number of hydrogen-bond donors (Lipinski definition) is 3. The lowest BCUT2D eigenvalue weighted by atomic mass is 9.91. The Hall–Kier alpha value is -1.28. The fourth-order valence-electron chi connectivity index (χ4n) is 2.84. The molecule has 0 saturated carbocycles. The van der Waals surface area contributed by atoms with Gasteiger partial charge in [-0.1, -0.05) is 36.4 Å². The van der Waals surface area contributed by atoms with Crippen molar-refractivity contribution < 1.29 is 29.5 Å². The van der Waals surface area contributed by atoms with Crippen LogP contribution < -0.4 is 0 Å². The maximum absolute atomic E-state index is 10.3. The Morgan fingerprint density at radius 3 is 2.55 bits per heavy atom. The Morgan fingerprint density at radius 1 is 1.14 bits per heavy atom. The van der Waals surface area contributed by atoms with Crippen LogP contribution in [0.3, 0.4) is 0 Å². The number of ether oxygens (including phenoxy) is 3. The van der Waals surface area contributed by atoms with Crippen LogP contribution in [0, 0.1) is 0 Å². The van der Waals surface area contributed by atoms with E-state index in [1.165, 1.54) is 6.08 Å². The van der Waals surface area contributed by atoms with E-state index in [1.807, 2.05) is 30.3 Å². The first-order valence-corrected chi connectivity index (χ1v) is 7.26. The minimum absolute atomic E-state index is 0.203. The van der Waals surface area contributed by atoms with Crippen LogP contribution in [-0.4, -0.2) is 58.6 Å². The van der Waals surface area contributed by atoms with Crippen LogP contribution in [0.4, 0.5) is 0 Å². The Kier molecular flexibility index (Phi) is 4.58. The molecule has 0 radical (unpaired) electrons. The molecule has 6 heteroatoms. The zero-order valence-corrected chi connectivity index (χ0v) is 12.0. The highest BCUT2D eigenvalue weighted by molar-refractivity contribution is 5.16. The minimum atomic E-state index is -1.26. The van der Waals surface area contributed by atoms with E-state index in [4.69, 9.17) is 14.2 Å². The highest BCUT2D eigenvalue weighted by Gasteiger charge is 2.50. The maximum Gasteiger partial charge on any atom is 0.184 e. The van der Waals surface area contributed by atoms with Crippen molar-refractivity contribution in [1.29, 1.82) is 0 Å². The lowest BCUT2D eigenvalue weighted by molar-refractivity contribution is -0.333. The molecule has 3 N–H and O–H groups in total. The molecule has 2 fully saturated rings. The van der Waals surface area contributed by atoms with Crippen molar-refractivity contribution >= 4 is 0 Å². The highest BCUT2D eigenvalue weighted by Crippen LogP contribution is 2.34. The summed E-state index contributed by atoms with van der Waals surface area (Å²) in [6, 6.07) is 9.35. The lowest BCUT2D eigenvalue weighted by Gasteiger charge is -2.47. The molecule has 0 bridgehead atoms. The molecule has 2 aliphatic heterocycles. The van der Waals surface area contributed by atoms with Crippen LogP contribution in [0.1, 0.15) is 11.9 Å². The number of fused-ring (bicyclic) bond motifs is 1. The number of rotatable bonds is 3. The molecule has 22 heavy (non-hydrogen) atoms. The van der Waals surface area contributed by atoms with Gasteiger partial charge < -0.3 is 29.5 Å². The van der Waals surface area contributed by atoms with E-state index >= 15 is 0 Å². The molecule has 2 saturated heterocycles. The van der Waals surface area contributed by atoms with Gasteiger partial charge in [-0.2, -0.15) is 0 Å². The first kappa shape index (κ1) is 15.6. The van der Waals surface area contributed by atoms with Crippen molar-refractivity contribution in [2.45, 2.75) is 42.9 Å². The molecule has 2 aliphatic rings. The zero-order valence-electron chi connectivity index (χ0n) is 12.0. The summed E-state index contributed by atoms with van der Waals surface area (Å²) >= 11 is 0. The molecule has 0 aromatic heterocycles. The predicted molar refractivity (Wildman–Crippen MR) is 76.9 cm³/mol. The van der Waals surface area contributed by atoms with Crippen LogP contribution in [-0.2, 0) is 14.2 Å². The van der Waals surface area contributed by atoms with Gasteiger partial charge in [-0.25, -0.2) is 0 Å². The van der Waals surface area contributed by atoms with Crippen LogP contribution in [0.25, 0.3) is 0 Å². The summed E-state index contributed by atoms with van der Waals surface area (Å²) in [7, 11) is 0. The van der Waals surface area contributed by atoms with Gasteiger partial charge in [0.2, 0.25) is 0 Å². The third-order valence-corrected chi connectivity index (χ3v) is 4.06. The molecule has 0 spiro atoms. The van der Waals surface area contributed by atoms with Gasteiger partial charge in [-0.15, -0.1) is 6.58 Å². The summed E-state index contributed by atoms with van der Waals surface area (Å²) in [6.07, 6.45) is -5.09. The maximum atomic E-state index is 10.3. The van der Waals surface area contributed by atoms with Gasteiger partial charge in [-0.3, -0.25) is 0 Å². The minimum Gasteiger partial charge on any atom is -0.387 e. The van der Waals surface area contributed by atoms with Crippen LogP contribution in [0.2, 0.25) is 0 Å². The summed E-state index contributed by atoms with van der Waals surface area (Å²) in [5.41, 5.74) is 0.830. The average Bonchev–Trinajstić information content (AvgIpc) is 2.58. The number of aliphatic hydroxyl groups excluding tert-OH is 3. The molecule has 120 valence electrons. The van der Waals surface area contributed by atoms with Gasteiger partial charge in [0.15, 0.2) is 6.29 Å². The van der Waals surface area contributed by atoms with E-state index in [-0.39, 0.29) is 6.61 Å². The van der Waals surface area contributed by atoms with Crippen LogP contribution >= 0.6 is 0 Å². The molecule has 6 nitrogen and oxygen atoms in total. The normalized spacial score (nSPS) is 39.8. The van der Waals surface area contributed by atoms with E-state index in [1.54, 1.807) is 0 Å². The lowest BCUT2D eigenvalue weighted by Crippen LogP contribution is -2.63. The van der Waals surface area contributed by atoms with Crippen molar-refractivity contribution in [2.24, 2.45) is 0 Å². The van der Waals surface area contributed by atoms with Gasteiger partial charge in [-0.05, 0) is 0 Å². The fraction of sp³-hybridized carbons (Fsp3) is 0.500. The second-order valence-corrected chi connectivity index (χ2v) is 5.52. The van der Waals surface area contributed by atoms with Crippen molar-refractivity contribution in [3.63, 3.8) is 0 Å². The second kappa shape index (κ2) is 6.45. The van der Waals surface area contributed by atoms with Crippen molar-refractivity contribution in [3.8, 4) is 0 Å². The summed E-state index contributed by atoms with van der Waals surface area (Å²) < 4.78 is 17.0. The number of hydrogen-bond acceptors (Lipinski definition) is 6. The Morgan fingerprint density at radius 2 is 1.86 bits per heavy atom. The van der Waals surface area contributed by atoms with Gasteiger partial charge in [0.1, 0.15) is 36.6 Å². The number of aliphatic hydroxyl groups is 3. The van der Waals surface area contributed by atoms with Crippen molar-refractivity contribution in [2.75, 3.05) is 6.61 Å². The third kappa shape index (κ3) is 2.81. The predicted octanol–water partition coefficient (Wildman–Crippen LogP) is 0.137. The van der Waals surface area contributed by atoms with Gasteiger partial charge in [0.25, 0.3) is 0 Å². The number of benzene rings is 1. The van der Waals surface area contributed by atoms with Crippen LogP contribution in [0.5, 0.6) is 0 Å². The van der Waals surface area contributed by atoms with E-state index < -0.39 is 42.9 Å². The molecule has 1 aromatic rings. The van der Waals surface area contributed by atoms with Gasteiger partial charge in [0.05, 0.1) is 6.61 Å². The largest absolute Gasteiger partial charge is 0.387 e. The van der Waals surface area contributed by atoms with E-state index in [2.05, 4.69) is 6.58 Å². The molecule has 3 rings (SSSR count). The molecule has 7 atom stereocenters.